The molecule has 0 aromatic rings. The van der Waals surface area contributed by atoms with E-state index in [1.807, 2.05) is 0 Å². The highest BCUT2D eigenvalue weighted by molar-refractivity contribution is 5.79. The summed E-state index contributed by atoms with van der Waals surface area (Å²) in [4.78, 5) is 31.2. The molecule has 0 aromatic carbocycles. The minimum atomic E-state index is -1.14. The van der Waals surface area contributed by atoms with Crippen molar-refractivity contribution in [1.82, 2.24) is 0 Å². The minimum absolute atomic E-state index is 0.424. The normalized spacial score (nSPS) is 12.1. The van der Waals surface area contributed by atoms with E-state index < -0.39 is 36.0 Å². The first-order valence-electron chi connectivity index (χ1n) is 4.82. The van der Waals surface area contributed by atoms with E-state index in [1.54, 1.807) is 0 Å². The number of rotatable bonds is 4. The number of hydrogen-bond donors (Lipinski definition) is 2. The van der Waals surface area contributed by atoms with Gasteiger partial charge in [0, 0.05) is 0 Å². The highest BCUT2D eigenvalue weighted by Crippen LogP contribution is 2.19. The number of aliphatic hydroxyl groups is 2. The monoisotopic (exact) mass is 234 g/mol. The third kappa shape index (κ3) is 3.79. The lowest BCUT2D eigenvalue weighted by atomic mass is 9.95. The Bertz CT molecular complexity index is 240. The van der Waals surface area contributed by atoms with Crippen LogP contribution in [0.2, 0.25) is 0 Å². The van der Waals surface area contributed by atoms with Crippen LogP contribution in [-0.4, -0.2) is 35.4 Å². The smallest absolute Gasteiger partial charge is 0.363 e. The second kappa shape index (κ2) is 5.27. The first-order valence-corrected chi connectivity index (χ1v) is 4.82. The molecule has 2 N–H and O–H groups in total. The lowest BCUT2D eigenvalue weighted by Gasteiger charge is -2.21. The highest BCUT2D eigenvalue weighted by atomic mass is 17.2. The van der Waals surface area contributed by atoms with E-state index in [0.29, 0.717) is 0 Å². The van der Waals surface area contributed by atoms with Gasteiger partial charge in [0.05, 0.1) is 24.0 Å². The molecule has 0 bridgehead atoms. The van der Waals surface area contributed by atoms with Gasteiger partial charge in [-0.3, -0.25) is 0 Å². The Hall–Kier alpha value is -1.14. The van der Waals surface area contributed by atoms with E-state index in [2.05, 4.69) is 9.78 Å². The molecule has 0 heterocycles. The van der Waals surface area contributed by atoms with Crippen LogP contribution in [-0.2, 0) is 19.4 Å². The van der Waals surface area contributed by atoms with Crippen molar-refractivity contribution in [2.45, 2.75) is 27.7 Å². The van der Waals surface area contributed by atoms with E-state index in [1.165, 1.54) is 27.7 Å². The summed E-state index contributed by atoms with van der Waals surface area (Å²) in [5.74, 6) is -1.70. The number of carbonyl (C=O) groups is 2. The maximum atomic E-state index is 11.3. The van der Waals surface area contributed by atoms with E-state index in [4.69, 9.17) is 10.2 Å². The predicted molar refractivity (Wildman–Crippen MR) is 53.9 cm³/mol. The molecular weight excluding hydrogens is 216 g/mol. The van der Waals surface area contributed by atoms with Gasteiger partial charge in [-0.15, -0.1) is 0 Å². The van der Waals surface area contributed by atoms with Crippen LogP contribution in [0.25, 0.3) is 0 Å². The average molecular weight is 234 g/mol. The summed E-state index contributed by atoms with van der Waals surface area (Å²) in [5, 5.41) is 17.7. The summed E-state index contributed by atoms with van der Waals surface area (Å²) in [5.41, 5.74) is -2.27. The molecule has 0 amide bonds. The second-order valence-corrected chi connectivity index (χ2v) is 4.83. The third-order valence-corrected chi connectivity index (χ3v) is 2.09. The van der Waals surface area contributed by atoms with Gasteiger partial charge in [-0.1, -0.05) is 0 Å². The first kappa shape index (κ1) is 14.9. The number of hydrogen-bond acceptors (Lipinski definition) is 6. The molecule has 0 radical (unpaired) electrons. The largest absolute Gasteiger partial charge is 0.395 e. The van der Waals surface area contributed by atoms with E-state index in [9.17, 15) is 9.59 Å². The first-order chi connectivity index (χ1) is 7.17. The summed E-state index contributed by atoms with van der Waals surface area (Å²) >= 11 is 0. The van der Waals surface area contributed by atoms with Crippen molar-refractivity contribution in [2.75, 3.05) is 13.2 Å². The zero-order valence-corrected chi connectivity index (χ0v) is 9.94. The maximum absolute atomic E-state index is 11.3. The van der Waals surface area contributed by atoms with E-state index >= 15 is 0 Å². The zero-order chi connectivity index (χ0) is 13.0. The molecule has 0 spiro atoms. The van der Waals surface area contributed by atoms with Crippen LogP contribution in [0.1, 0.15) is 27.7 Å². The molecule has 0 rings (SSSR count). The molecule has 94 valence electrons. The molecule has 0 saturated heterocycles. The topological polar surface area (TPSA) is 93.1 Å². The standard InChI is InChI=1S/C10H18O6/c1-9(2,5-11)7(13)15-16-8(14)10(3,4)6-12/h11-12H,5-6H2,1-4H3. The van der Waals surface area contributed by atoms with Crippen LogP contribution in [0.15, 0.2) is 0 Å². The summed E-state index contributed by atoms with van der Waals surface area (Å²) in [7, 11) is 0. The molecular formula is C10H18O6. The Balaban J connectivity index is 4.28. The molecule has 16 heavy (non-hydrogen) atoms. The van der Waals surface area contributed by atoms with Gasteiger partial charge in [0.15, 0.2) is 0 Å². The van der Waals surface area contributed by atoms with Crippen LogP contribution in [0.5, 0.6) is 0 Å². The van der Waals surface area contributed by atoms with Gasteiger partial charge in [-0.2, -0.15) is 0 Å². The van der Waals surface area contributed by atoms with Gasteiger partial charge in [-0.05, 0) is 27.7 Å². The minimum Gasteiger partial charge on any atom is -0.395 e. The lowest BCUT2D eigenvalue weighted by Crippen LogP contribution is -2.35. The summed E-state index contributed by atoms with van der Waals surface area (Å²) in [6.07, 6.45) is 0. The average Bonchev–Trinajstić information content (AvgIpc) is 2.24. The van der Waals surface area contributed by atoms with Gasteiger partial charge >= 0.3 is 11.9 Å². The van der Waals surface area contributed by atoms with Crippen molar-refractivity contribution in [2.24, 2.45) is 10.8 Å². The summed E-state index contributed by atoms with van der Waals surface area (Å²) in [6, 6.07) is 0. The molecule has 6 heteroatoms. The van der Waals surface area contributed by atoms with Crippen molar-refractivity contribution in [1.29, 1.82) is 0 Å². The van der Waals surface area contributed by atoms with E-state index in [0.717, 1.165) is 0 Å². The second-order valence-electron chi connectivity index (χ2n) is 4.83. The molecule has 6 nitrogen and oxygen atoms in total. The summed E-state index contributed by atoms with van der Waals surface area (Å²) in [6.45, 7) is 4.93. The van der Waals surface area contributed by atoms with Crippen molar-refractivity contribution < 1.29 is 29.6 Å². The number of aliphatic hydroxyl groups excluding tert-OH is 2. The van der Waals surface area contributed by atoms with Crippen molar-refractivity contribution in [3.8, 4) is 0 Å². The molecule has 0 fully saturated rings. The lowest BCUT2D eigenvalue weighted by molar-refractivity contribution is -0.273. The van der Waals surface area contributed by atoms with E-state index in [-0.39, 0.29) is 0 Å². The summed E-state index contributed by atoms with van der Waals surface area (Å²) < 4.78 is 0. The Labute approximate surface area is 94.1 Å². The molecule has 0 aromatic heterocycles. The molecule has 0 saturated carbocycles. The van der Waals surface area contributed by atoms with Gasteiger partial charge in [0.25, 0.3) is 0 Å². The Morgan fingerprint density at radius 1 is 0.875 bits per heavy atom. The molecule has 0 aliphatic carbocycles. The molecule has 0 aliphatic heterocycles. The van der Waals surface area contributed by atoms with Crippen molar-refractivity contribution in [3.05, 3.63) is 0 Å². The van der Waals surface area contributed by atoms with Crippen LogP contribution in [0.4, 0.5) is 0 Å². The van der Waals surface area contributed by atoms with Crippen LogP contribution in [0, 0.1) is 10.8 Å². The predicted octanol–water partition coefficient (Wildman–Crippen LogP) is 0.0248. The van der Waals surface area contributed by atoms with Gasteiger partial charge in [0.2, 0.25) is 0 Å². The van der Waals surface area contributed by atoms with Crippen LogP contribution >= 0.6 is 0 Å². The third-order valence-electron chi connectivity index (χ3n) is 2.09. The van der Waals surface area contributed by atoms with Crippen LogP contribution < -0.4 is 0 Å². The molecule has 0 atom stereocenters. The Morgan fingerprint density at radius 3 is 1.31 bits per heavy atom. The quantitative estimate of drug-likeness (QED) is 0.526. The van der Waals surface area contributed by atoms with Gasteiger partial charge in [0.1, 0.15) is 0 Å². The maximum Gasteiger partial charge on any atom is 0.363 e. The highest BCUT2D eigenvalue weighted by Gasteiger charge is 2.34. The van der Waals surface area contributed by atoms with Gasteiger partial charge < -0.3 is 10.2 Å². The SMILES string of the molecule is CC(C)(CO)C(=O)OOC(=O)C(C)(C)CO. The Kier molecular flexibility index (Phi) is 4.89. The molecule has 0 unspecified atom stereocenters. The van der Waals surface area contributed by atoms with Crippen LogP contribution in [0.3, 0.4) is 0 Å². The van der Waals surface area contributed by atoms with Gasteiger partial charge in [-0.25, -0.2) is 19.4 Å². The fourth-order valence-corrected chi connectivity index (χ4v) is 0.430. The Morgan fingerprint density at radius 2 is 1.12 bits per heavy atom. The fourth-order valence-electron chi connectivity index (χ4n) is 0.430. The van der Waals surface area contributed by atoms with Crippen molar-refractivity contribution >= 4 is 11.9 Å². The zero-order valence-electron chi connectivity index (χ0n) is 9.94. The molecule has 0 aliphatic rings. The van der Waals surface area contributed by atoms with Crippen molar-refractivity contribution in [3.63, 3.8) is 0 Å². The number of carbonyl (C=O) groups excluding carboxylic acids is 2. The fraction of sp³-hybridized carbons (Fsp3) is 0.800.